The van der Waals surface area contributed by atoms with Crippen LogP contribution in [0, 0.1) is 12.7 Å². The minimum absolute atomic E-state index is 0.101. The Hall–Kier alpha value is -3.78. The second kappa shape index (κ2) is 10.4. The Morgan fingerprint density at radius 2 is 1.54 bits per heavy atom. The van der Waals surface area contributed by atoms with E-state index in [2.05, 4.69) is 0 Å². The van der Waals surface area contributed by atoms with Crippen LogP contribution in [0.3, 0.4) is 0 Å². The minimum Gasteiger partial charge on any atom is -0.289 e. The zero-order valence-corrected chi connectivity index (χ0v) is 21.9. The molecule has 0 bridgehead atoms. The van der Waals surface area contributed by atoms with Gasteiger partial charge in [0.25, 0.3) is 5.56 Å². The molecule has 202 valence electrons. The van der Waals surface area contributed by atoms with Crippen LogP contribution in [0.2, 0.25) is 0 Å². The van der Waals surface area contributed by atoms with Crippen molar-refractivity contribution in [3.8, 4) is 0 Å². The number of aryl methyl sites for hydroxylation is 1. The summed E-state index contributed by atoms with van der Waals surface area (Å²) in [6.45, 7) is 5.75. The zero-order valence-electron chi connectivity index (χ0n) is 21.9. The molecule has 0 spiro atoms. The highest BCUT2D eigenvalue weighted by Gasteiger charge is 2.35. The summed E-state index contributed by atoms with van der Waals surface area (Å²) in [4.78, 5) is 21.0. The lowest BCUT2D eigenvalue weighted by Crippen LogP contribution is -2.45. The fourth-order valence-corrected chi connectivity index (χ4v) is 5.60. The quantitative estimate of drug-likeness (QED) is 0.262. The van der Waals surface area contributed by atoms with Crippen molar-refractivity contribution in [2.45, 2.75) is 58.0 Å². The predicted octanol–water partition coefficient (Wildman–Crippen LogP) is 6.86. The van der Waals surface area contributed by atoms with Gasteiger partial charge in [0.2, 0.25) is 0 Å². The Labute approximate surface area is 224 Å². The topological polar surface area (TPSA) is 38.1 Å². The molecule has 0 saturated carbocycles. The van der Waals surface area contributed by atoms with Crippen molar-refractivity contribution in [2.24, 2.45) is 0 Å². The van der Waals surface area contributed by atoms with E-state index in [1.807, 2.05) is 79.4 Å². The van der Waals surface area contributed by atoms with Gasteiger partial charge in [0, 0.05) is 30.6 Å². The fourth-order valence-electron chi connectivity index (χ4n) is 5.60. The molecule has 4 nitrogen and oxygen atoms in total. The molecule has 3 aromatic carbocycles. The first kappa shape index (κ1) is 26.8. The van der Waals surface area contributed by atoms with Gasteiger partial charge in [-0.15, -0.1) is 0 Å². The Bertz CT molecular complexity index is 1490. The van der Waals surface area contributed by atoms with Crippen LogP contribution in [-0.4, -0.2) is 20.5 Å². The Kier molecular flexibility index (Phi) is 7.16. The summed E-state index contributed by atoms with van der Waals surface area (Å²) in [7, 11) is 0. The van der Waals surface area contributed by atoms with Gasteiger partial charge in [-0.05, 0) is 44.0 Å². The largest absolute Gasteiger partial charge is 0.416 e. The number of fused-ring (bicyclic) bond motifs is 1. The summed E-state index contributed by atoms with van der Waals surface area (Å²) >= 11 is 0. The smallest absolute Gasteiger partial charge is 0.289 e. The Morgan fingerprint density at radius 3 is 2.08 bits per heavy atom. The number of nitrogens with zero attached hydrogens (tertiary/aromatic N) is 3. The molecule has 0 radical (unpaired) electrons. The van der Waals surface area contributed by atoms with Crippen LogP contribution in [0.4, 0.5) is 17.6 Å². The van der Waals surface area contributed by atoms with E-state index in [1.165, 1.54) is 6.07 Å². The second-order valence-electron chi connectivity index (χ2n) is 10.1. The maximum Gasteiger partial charge on any atom is 0.416 e. The number of hydrogen-bond acceptors (Lipinski definition) is 3. The second-order valence-corrected chi connectivity index (χ2v) is 10.1. The van der Waals surface area contributed by atoms with Crippen molar-refractivity contribution in [1.82, 2.24) is 14.5 Å². The maximum absolute atomic E-state index is 14.9. The molecule has 0 N–H and O–H groups in total. The maximum atomic E-state index is 14.9. The number of alkyl halides is 3. The normalized spacial score (nSPS) is 16.8. The van der Waals surface area contributed by atoms with E-state index in [0.717, 1.165) is 17.2 Å². The third kappa shape index (κ3) is 5.13. The Morgan fingerprint density at radius 1 is 0.949 bits per heavy atom. The van der Waals surface area contributed by atoms with Crippen LogP contribution in [0.1, 0.15) is 65.3 Å². The molecule has 1 aliphatic rings. The van der Waals surface area contributed by atoms with Crippen molar-refractivity contribution < 1.29 is 17.6 Å². The first-order valence-electron chi connectivity index (χ1n) is 12.9. The standard InChI is InChI=1S/C31H29F4N3O/c1-19-16-28-26(18-37(19)20(2)25-15-14-24(17-27(25)32)31(33,34)35)30(39)38(21(3)36-28)29(22-10-6-4-7-11-22)23-12-8-5-9-13-23/h4-15,17,19-20,29H,16,18H2,1-3H3. The molecule has 0 aliphatic carbocycles. The molecule has 0 amide bonds. The molecule has 1 aliphatic heterocycles. The molecule has 39 heavy (non-hydrogen) atoms. The molecule has 0 fully saturated rings. The third-order valence-electron chi connectivity index (χ3n) is 7.63. The van der Waals surface area contributed by atoms with Crippen molar-refractivity contribution >= 4 is 0 Å². The van der Waals surface area contributed by atoms with Crippen molar-refractivity contribution in [1.29, 1.82) is 0 Å². The van der Waals surface area contributed by atoms with Gasteiger partial charge in [-0.3, -0.25) is 14.3 Å². The number of rotatable bonds is 5. The van der Waals surface area contributed by atoms with Crippen LogP contribution in [-0.2, 0) is 19.1 Å². The van der Waals surface area contributed by atoms with E-state index >= 15 is 0 Å². The molecule has 2 unspecified atom stereocenters. The number of halogens is 4. The van der Waals surface area contributed by atoms with Crippen LogP contribution < -0.4 is 5.56 Å². The molecular formula is C31H29F4N3O. The summed E-state index contributed by atoms with van der Waals surface area (Å²) in [6.07, 6.45) is -4.15. The van der Waals surface area contributed by atoms with Crippen LogP contribution in [0.5, 0.6) is 0 Å². The van der Waals surface area contributed by atoms with Gasteiger partial charge < -0.3 is 0 Å². The van der Waals surface area contributed by atoms with Gasteiger partial charge in [-0.2, -0.15) is 13.2 Å². The number of aromatic nitrogens is 2. The van der Waals surface area contributed by atoms with Crippen LogP contribution in [0.25, 0.3) is 0 Å². The lowest BCUT2D eigenvalue weighted by atomic mass is 9.94. The average molecular weight is 536 g/mol. The van der Waals surface area contributed by atoms with Crippen LogP contribution in [0.15, 0.2) is 83.7 Å². The molecule has 8 heteroatoms. The predicted molar refractivity (Wildman–Crippen MR) is 142 cm³/mol. The number of hydrogen-bond donors (Lipinski definition) is 0. The summed E-state index contributed by atoms with van der Waals surface area (Å²) in [5.74, 6) is -0.318. The van der Waals surface area contributed by atoms with E-state index in [4.69, 9.17) is 4.98 Å². The lowest BCUT2D eigenvalue weighted by Gasteiger charge is -2.39. The summed E-state index contributed by atoms with van der Waals surface area (Å²) in [5.41, 5.74) is 2.07. The van der Waals surface area contributed by atoms with E-state index in [-0.39, 0.29) is 23.7 Å². The molecule has 1 aromatic heterocycles. The number of benzene rings is 3. The average Bonchev–Trinajstić information content (AvgIpc) is 2.91. The van der Waals surface area contributed by atoms with E-state index in [9.17, 15) is 22.4 Å². The van der Waals surface area contributed by atoms with Gasteiger partial charge >= 0.3 is 6.18 Å². The molecule has 2 atom stereocenters. The molecule has 0 saturated heterocycles. The van der Waals surface area contributed by atoms with E-state index in [1.54, 1.807) is 11.5 Å². The fraction of sp³-hybridized carbons (Fsp3) is 0.290. The van der Waals surface area contributed by atoms with E-state index in [0.29, 0.717) is 29.6 Å². The molecular weight excluding hydrogens is 506 g/mol. The van der Waals surface area contributed by atoms with E-state index < -0.39 is 29.6 Å². The van der Waals surface area contributed by atoms with Crippen LogP contribution >= 0.6 is 0 Å². The third-order valence-corrected chi connectivity index (χ3v) is 7.63. The Balaban J connectivity index is 1.57. The lowest BCUT2D eigenvalue weighted by molar-refractivity contribution is -0.137. The molecule has 4 aromatic rings. The first-order valence-corrected chi connectivity index (χ1v) is 12.9. The van der Waals surface area contributed by atoms with Gasteiger partial charge in [0.1, 0.15) is 11.6 Å². The van der Waals surface area contributed by atoms with Crippen molar-refractivity contribution in [2.75, 3.05) is 0 Å². The van der Waals surface area contributed by atoms with Crippen molar-refractivity contribution in [3.05, 3.63) is 134 Å². The summed E-state index contributed by atoms with van der Waals surface area (Å²) in [5, 5.41) is 0. The highest BCUT2D eigenvalue weighted by Crippen LogP contribution is 2.35. The van der Waals surface area contributed by atoms with Gasteiger partial charge in [-0.1, -0.05) is 66.7 Å². The highest BCUT2D eigenvalue weighted by atomic mass is 19.4. The minimum atomic E-state index is -4.62. The highest BCUT2D eigenvalue weighted by molar-refractivity contribution is 5.35. The summed E-state index contributed by atoms with van der Waals surface area (Å²) in [6, 6.07) is 21.1. The monoisotopic (exact) mass is 535 g/mol. The zero-order chi connectivity index (χ0) is 27.9. The SMILES string of the molecule is Cc1nc2c(c(=O)n1C(c1ccccc1)c1ccccc1)CN(C(C)c1ccc(C(F)(F)F)cc1F)C(C)C2. The van der Waals surface area contributed by atoms with Gasteiger partial charge in [0.15, 0.2) is 0 Å². The van der Waals surface area contributed by atoms with Crippen molar-refractivity contribution in [3.63, 3.8) is 0 Å². The first-order chi connectivity index (χ1) is 18.6. The molecule has 2 heterocycles. The molecule has 5 rings (SSSR count). The summed E-state index contributed by atoms with van der Waals surface area (Å²) < 4.78 is 55.9. The van der Waals surface area contributed by atoms with Gasteiger partial charge in [-0.25, -0.2) is 9.37 Å². The van der Waals surface area contributed by atoms with Gasteiger partial charge in [0.05, 0.1) is 22.9 Å².